The minimum absolute atomic E-state index is 0.0420. The average Bonchev–Trinajstić information content (AvgIpc) is 2.93. The Bertz CT molecular complexity index is 921. The van der Waals surface area contributed by atoms with E-state index in [0.29, 0.717) is 12.6 Å². The summed E-state index contributed by atoms with van der Waals surface area (Å²) in [5.41, 5.74) is 2.60. The minimum atomic E-state index is -0.534. The highest BCUT2D eigenvalue weighted by Gasteiger charge is 2.57. The lowest BCUT2D eigenvalue weighted by Gasteiger charge is -2.32. The number of benzene rings is 1. The maximum Gasteiger partial charge on any atom is 0.312 e. The van der Waals surface area contributed by atoms with Crippen LogP contribution in [0.1, 0.15) is 29.8 Å². The predicted molar refractivity (Wildman–Crippen MR) is 105 cm³/mol. The number of carbonyl (C=O) groups excluding carboxylic acids is 2. The van der Waals surface area contributed by atoms with Crippen molar-refractivity contribution in [1.82, 2.24) is 9.97 Å². The van der Waals surface area contributed by atoms with Crippen LogP contribution < -0.4 is 4.90 Å². The van der Waals surface area contributed by atoms with Gasteiger partial charge in [-0.2, -0.15) is 0 Å². The van der Waals surface area contributed by atoms with Crippen molar-refractivity contribution in [3.8, 4) is 0 Å². The first-order valence-electron chi connectivity index (χ1n) is 9.55. The highest BCUT2D eigenvalue weighted by molar-refractivity contribution is 6.01. The van der Waals surface area contributed by atoms with Gasteiger partial charge in [-0.1, -0.05) is 36.4 Å². The molecule has 0 radical (unpaired) electrons. The number of hydrogen-bond acceptors (Lipinski definition) is 6. The van der Waals surface area contributed by atoms with Crippen molar-refractivity contribution in [2.24, 2.45) is 5.92 Å². The molecule has 2 bridgehead atoms. The Balaban J connectivity index is 1.88. The maximum absolute atomic E-state index is 13.0. The molecule has 4 atom stereocenters. The zero-order valence-electron chi connectivity index (χ0n) is 16.2. The van der Waals surface area contributed by atoms with Gasteiger partial charge in [-0.05, 0) is 38.5 Å². The lowest BCUT2D eigenvalue weighted by Crippen LogP contribution is -2.45. The van der Waals surface area contributed by atoms with Gasteiger partial charge in [0.25, 0.3) is 0 Å². The smallest absolute Gasteiger partial charge is 0.312 e. The summed E-state index contributed by atoms with van der Waals surface area (Å²) in [5, 5.41) is 0. The molecule has 3 heterocycles. The van der Waals surface area contributed by atoms with Crippen LogP contribution >= 0.6 is 0 Å². The van der Waals surface area contributed by atoms with Gasteiger partial charge in [0.15, 0.2) is 5.78 Å². The molecular formula is C22H23N3O3. The molecule has 1 aromatic heterocycles. The Hall–Kier alpha value is -3.02. The van der Waals surface area contributed by atoms with E-state index in [1.165, 1.54) is 0 Å². The molecule has 0 unspecified atom stereocenters. The molecule has 1 saturated heterocycles. The number of aryl methyl sites for hydroxylation is 2. The van der Waals surface area contributed by atoms with Crippen molar-refractivity contribution < 1.29 is 14.3 Å². The fraction of sp³-hybridized carbons (Fsp3) is 0.364. The number of rotatable bonds is 4. The maximum atomic E-state index is 13.0. The predicted octanol–water partition coefficient (Wildman–Crippen LogP) is 2.75. The van der Waals surface area contributed by atoms with E-state index in [-0.39, 0.29) is 23.7 Å². The zero-order chi connectivity index (χ0) is 19.8. The molecule has 28 heavy (non-hydrogen) atoms. The highest BCUT2D eigenvalue weighted by atomic mass is 16.5. The highest BCUT2D eigenvalue weighted by Crippen LogP contribution is 2.47. The molecule has 0 saturated carbocycles. The molecule has 0 spiro atoms. The van der Waals surface area contributed by atoms with E-state index in [1.807, 2.05) is 55.1 Å². The lowest BCUT2D eigenvalue weighted by molar-refractivity contribution is -0.148. The van der Waals surface area contributed by atoms with Gasteiger partial charge in [0.05, 0.1) is 18.6 Å². The Labute approximate surface area is 164 Å². The third-order valence-corrected chi connectivity index (χ3v) is 5.41. The standard InChI is InChI=1S/C22H23N3O3/c1-4-28-21(27)19-16-10-11-17(26)20(18(19)15-8-6-5-7-9-15)25(16)22-23-13(2)12-14(3)24-22/h5-12,16,18-20H,4H2,1-3H3/t16-,18+,19-,20+/m1/s1. The van der Waals surface area contributed by atoms with E-state index in [9.17, 15) is 9.59 Å². The second-order valence-electron chi connectivity index (χ2n) is 7.27. The van der Waals surface area contributed by atoms with Crippen molar-refractivity contribution in [1.29, 1.82) is 0 Å². The Morgan fingerprint density at radius 2 is 1.82 bits per heavy atom. The van der Waals surface area contributed by atoms with Gasteiger partial charge in [0.2, 0.25) is 5.95 Å². The molecule has 0 aliphatic carbocycles. The molecule has 4 rings (SSSR count). The van der Waals surface area contributed by atoms with E-state index in [1.54, 1.807) is 19.1 Å². The van der Waals surface area contributed by atoms with E-state index < -0.39 is 12.0 Å². The third-order valence-electron chi connectivity index (χ3n) is 5.41. The summed E-state index contributed by atoms with van der Waals surface area (Å²) < 4.78 is 5.40. The number of carbonyl (C=O) groups is 2. The number of ether oxygens (including phenoxy) is 1. The van der Waals surface area contributed by atoms with E-state index in [4.69, 9.17) is 4.74 Å². The van der Waals surface area contributed by atoms with Gasteiger partial charge in [-0.3, -0.25) is 9.59 Å². The SMILES string of the molecule is CCOC(=O)[C@H]1[C@H](c2ccccc2)[C@@H]2C(=O)C=C[C@H]1N2c1nc(C)cc(C)n1. The number of anilines is 1. The zero-order valence-corrected chi connectivity index (χ0v) is 16.2. The minimum Gasteiger partial charge on any atom is -0.466 e. The van der Waals surface area contributed by atoms with Crippen molar-refractivity contribution >= 4 is 17.7 Å². The van der Waals surface area contributed by atoms with E-state index in [2.05, 4.69) is 9.97 Å². The number of fused-ring (bicyclic) bond motifs is 2. The largest absolute Gasteiger partial charge is 0.466 e. The number of nitrogens with zero attached hydrogens (tertiary/aromatic N) is 3. The molecule has 1 aromatic carbocycles. The van der Waals surface area contributed by atoms with Gasteiger partial charge < -0.3 is 9.64 Å². The van der Waals surface area contributed by atoms with Gasteiger partial charge in [-0.15, -0.1) is 0 Å². The molecule has 1 fully saturated rings. The third kappa shape index (κ3) is 2.99. The number of aromatic nitrogens is 2. The van der Waals surface area contributed by atoms with Crippen LogP contribution in [0.3, 0.4) is 0 Å². The van der Waals surface area contributed by atoms with Crippen LogP contribution in [0, 0.1) is 19.8 Å². The van der Waals surface area contributed by atoms with Crippen molar-refractivity contribution in [3.63, 3.8) is 0 Å². The summed E-state index contributed by atoms with van der Waals surface area (Å²) in [4.78, 5) is 37.0. The van der Waals surface area contributed by atoms with Crippen LogP contribution in [0.2, 0.25) is 0 Å². The normalized spacial score (nSPS) is 25.8. The summed E-state index contributed by atoms with van der Waals surface area (Å²) in [6, 6.07) is 10.7. The number of ketones is 1. The first-order chi connectivity index (χ1) is 13.5. The summed E-state index contributed by atoms with van der Waals surface area (Å²) in [6.45, 7) is 5.90. The first kappa shape index (κ1) is 18.3. The van der Waals surface area contributed by atoms with Gasteiger partial charge in [0, 0.05) is 17.3 Å². The van der Waals surface area contributed by atoms with Gasteiger partial charge >= 0.3 is 5.97 Å². The molecule has 6 heteroatoms. The van der Waals surface area contributed by atoms with Crippen LogP contribution in [0.25, 0.3) is 0 Å². The van der Waals surface area contributed by atoms with E-state index >= 15 is 0 Å². The molecule has 6 nitrogen and oxygen atoms in total. The van der Waals surface area contributed by atoms with Gasteiger partial charge in [-0.25, -0.2) is 9.97 Å². The topological polar surface area (TPSA) is 72.4 Å². The van der Waals surface area contributed by atoms with Crippen molar-refractivity contribution in [3.05, 3.63) is 65.5 Å². The molecule has 2 aromatic rings. The van der Waals surface area contributed by atoms with E-state index in [0.717, 1.165) is 17.0 Å². The number of hydrogen-bond donors (Lipinski definition) is 0. The monoisotopic (exact) mass is 377 g/mol. The molecule has 2 aliphatic heterocycles. The quantitative estimate of drug-likeness (QED) is 0.763. The van der Waals surface area contributed by atoms with Crippen LogP contribution in [0.5, 0.6) is 0 Å². The number of esters is 1. The average molecular weight is 377 g/mol. The molecule has 0 amide bonds. The second-order valence-corrected chi connectivity index (χ2v) is 7.27. The van der Waals surface area contributed by atoms with Crippen LogP contribution in [0.15, 0.2) is 48.6 Å². The Morgan fingerprint density at radius 3 is 2.46 bits per heavy atom. The molecule has 144 valence electrons. The van der Waals surface area contributed by atoms with Crippen LogP contribution in [-0.4, -0.2) is 40.4 Å². The fourth-order valence-corrected chi connectivity index (χ4v) is 4.43. The van der Waals surface area contributed by atoms with Crippen LogP contribution in [-0.2, 0) is 14.3 Å². The van der Waals surface area contributed by atoms with Crippen molar-refractivity contribution in [2.75, 3.05) is 11.5 Å². The lowest BCUT2D eigenvalue weighted by atomic mass is 9.82. The summed E-state index contributed by atoms with van der Waals surface area (Å²) in [7, 11) is 0. The summed E-state index contributed by atoms with van der Waals surface area (Å²) in [6.07, 6.45) is 3.38. The second kappa shape index (κ2) is 7.19. The summed E-state index contributed by atoms with van der Waals surface area (Å²) in [5.74, 6) is -0.674. The van der Waals surface area contributed by atoms with Crippen molar-refractivity contribution in [2.45, 2.75) is 38.8 Å². The molecule has 0 N–H and O–H groups in total. The molecule has 2 aliphatic rings. The first-order valence-corrected chi connectivity index (χ1v) is 9.55. The Morgan fingerprint density at radius 1 is 1.14 bits per heavy atom. The Kier molecular flexibility index (Phi) is 4.71. The summed E-state index contributed by atoms with van der Waals surface area (Å²) >= 11 is 0. The van der Waals surface area contributed by atoms with Gasteiger partial charge in [0.1, 0.15) is 6.04 Å². The molecular weight excluding hydrogens is 354 g/mol. The fourth-order valence-electron chi connectivity index (χ4n) is 4.43. The van der Waals surface area contributed by atoms with Crippen LogP contribution in [0.4, 0.5) is 5.95 Å².